The minimum Gasteiger partial charge on any atom is -0.370 e. The number of hydrogen-bond acceptors (Lipinski definition) is 8. The van der Waals surface area contributed by atoms with Crippen molar-refractivity contribution in [3.8, 4) is 0 Å². The normalized spacial score (nSPS) is 27.2. The molecule has 5 fully saturated rings. The van der Waals surface area contributed by atoms with Gasteiger partial charge < -0.3 is 15.1 Å². The first-order valence-electron chi connectivity index (χ1n) is 18.7. The van der Waals surface area contributed by atoms with Gasteiger partial charge in [-0.1, -0.05) is 27.7 Å². The van der Waals surface area contributed by atoms with Crippen LogP contribution in [0.15, 0.2) is 42.5 Å². The standard InChI is InChI=1S/C40H50N6O5/c1-38(2)22-39(3,4)37(38)42-33(48)25-5-7-26(8-6-25)43-17-19-44(20-18-43)27-13-15-40(16-14-27)23-45(24-40)28-9-10-29-30(21-28)36(51)46(35(29)50)31-11-12-32(47)41-34(31)49/h5-10,21,27,31,37H,11-20,22-24H2,1-4H3,(H,42,48)(H,41,47,49). The molecule has 5 amide bonds. The number of carbonyl (C=O) groups excluding carboxylic acids is 5. The third kappa shape index (κ3) is 5.91. The van der Waals surface area contributed by atoms with Crippen LogP contribution in [0.5, 0.6) is 0 Å². The first-order chi connectivity index (χ1) is 24.2. The molecule has 2 saturated carbocycles. The number of amides is 5. The highest BCUT2D eigenvalue weighted by molar-refractivity contribution is 6.23. The van der Waals surface area contributed by atoms with Gasteiger partial charge >= 0.3 is 0 Å². The van der Waals surface area contributed by atoms with Gasteiger partial charge in [-0.3, -0.25) is 39.1 Å². The Bertz CT molecular complexity index is 1760. The molecule has 1 unspecified atom stereocenters. The molecule has 0 radical (unpaired) electrons. The molecule has 1 atom stereocenters. The number of hydrogen-bond donors (Lipinski definition) is 2. The lowest BCUT2D eigenvalue weighted by molar-refractivity contribution is -0.136. The lowest BCUT2D eigenvalue weighted by atomic mass is 9.52. The van der Waals surface area contributed by atoms with Crippen LogP contribution in [0.1, 0.15) is 104 Å². The third-order valence-electron chi connectivity index (χ3n) is 12.9. The van der Waals surface area contributed by atoms with Crippen LogP contribution in [0.25, 0.3) is 0 Å². The molecule has 11 nitrogen and oxygen atoms in total. The molecular formula is C40H50N6O5. The van der Waals surface area contributed by atoms with Crippen molar-refractivity contribution in [1.82, 2.24) is 20.4 Å². The molecule has 2 aromatic rings. The number of piperazine rings is 1. The predicted octanol–water partition coefficient (Wildman–Crippen LogP) is 4.21. The van der Waals surface area contributed by atoms with Gasteiger partial charge in [0.15, 0.2) is 0 Å². The van der Waals surface area contributed by atoms with Crippen LogP contribution in [-0.2, 0) is 9.59 Å². The van der Waals surface area contributed by atoms with Crippen LogP contribution in [-0.4, -0.2) is 96.7 Å². The number of imide groups is 2. The molecule has 0 bridgehead atoms. The van der Waals surface area contributed by atoms with Gasteiger partial charge in [-0.15, -0.1) is 0 Å². The van der Waals surface area contributed by atoms with E-state index in [1.54, 1.807) is 12.1 Å². The van der Waals surface area contributed by atoms with Crippen molar-refractivity contribution in [1.29, 1.82) is 0 Å². The second kappa shape index (κ2) is 12.2. The van der Waals surface area contributed by atoms with Crippen molar-refractivity contribution in [3.05, 3.63) is 59.2 Å². The molecule has 2 N–H and O–H groups in total. The molecule has 2 aliphatic carbocycles. The molecule has 2 aromatic carbocycles. The quantitative estimate of drug-likeness (QED) is 0.432. The van der Waals surface area contributed by atoms with Gasteiger partial charge in [0, 0.05) is 80.1 Å². The Hall–Kier alpha value is -4.25. The minimum atomic E-state index is -0.951. The van der Waals surface area contributed by atoms with Crippen LogP contribution >= 0.6 is 0 Å². The number of fused-ring (bicyclic) bond motifs is 1. The van der Waals surface area contributed by atoms with E-state index < -0.39 is 23.8 Å². The summed E-state index contributed by atoms with van der Waals surface area (Å²) < 4.78 is 0. The zero-order valence-corrected chi connectivity index (χ0v) is 30.3. The summed E-state index contributed by atoms with van der Waals surface area (Å²) >= 11 is 0. The lowest BCUT2D eigenvalue weighted by Crippen LogP contribution is -2.63. The largest absolute Gasteiger partial charge is 0.370 e. The maximum Gasteiger partial charge on any atom is 0.262 e. The third-order valence-corrected chi connectivity index (χ3v) is 12.9. The van der Waals surface area contributed by atoms with Crippen molar-refractivity contribution in [2.24, 2.45) is 16.2 Å². The van der Waals surface area contributed by atoms with Gasteiger partial charge in [0.1, 0.15) is 6.04 Å². The van der Waals surface area contributed by atoms with E-state index in [0.717, 1.165) is 61.8 Å². The van der Waals surface area contributed by atoms with E-state index in [-0.39, 0.29) is 46.9 Å². The van der Waals surface area contributed by atoms with E-state index >= 15 is 0 Å². The summed E-state index contributed by atoms with van der Waals surface area (Å²) in [6, 6.07) is 13.4. The summed E-state index contributed by atoms with van der Waals surface area (Å²) in [5, 5.41) is 5.55. The Morgan fingerprint density at radius 1 is 0.765 bits per heavy atom. The van der Waals surface area contributed by atoms with E-state index in [1.165, 1.54) is 31.4 Å². The second-order valence-corrected chi connectivity index (χ2v) is 17.4. The Balaban J connectivity index is 0.805. The monoisotopic (exact) mass is 694 g/mol. The molecule has 6 aliphatic rings. The average molecular weight is 695 g/mol. The topological polar surface area (TPSA) is 122 Å². The number of nitrogens with zero attached hydrogens (tertiary/aromatic N) is 4. The zero-order valence-electron chi connectivity index (χ0n) is 30.3. The first kappa shape index (κ1) is 33.9. The zero-order chi connectivity index (χ0) is 35.9. The van der Waals surface area contributed by atoms with Crippen molar-refractivity contribution < 1.29 is 24.0 Å². The molecule has 4 heterocycles. The average Bonchev–Trinajstić information content (AvgIpc) is 3.34. The first-order valence-corrected chi connectivity index (χ1v) is 18.7. The number of nitrogens with one attached hydrogen (secondary N) is 2. The van der Waals surface area contributed by atoms with Gasteiger partial charge in [-0.25, -0.2) is 0 Å². The fourth-order valence-corrected chi connectivity index (χ4v) is 10.6. The van der Waals surface area contributed by atoms with Crippen molar-refractivity contribution >= 4 is 40.9 Å². The van der Waals surface area contributed by atoms with Crippen molar-refractivity contribution in [2.75, 3.05) is 49.1 Å². The van der Waals surface area contributed by atoms with E-state index in [2.05, 4.69) is 65.2 Å². The fourth-order valence-electron chi connectivity index (χ4n) is 10.6. The van der Waals surface area contributed by atoms with E-state index in [0.29, 0.717) is 17.2 Å². The molecule has 0 aromatic heterocycles. The summed E-state index contributed by atoms with van der Waals surface area (Å²) in [5.74, 6) is -1.88. The fraction of sp³-hybridized carbons (Fsp3) is 0.575. The minimum absolute atomic E-state index is 0.0131. The Morgan fingerprint density at radius 3 is 2.02 bits per heavy atom. The van der Waals surface area contributed by atoms with Crippen LogP contribution in [0.2, 0.25) is 0 Å². The highest BCUT2D eigenvalue weighted by Gasteiger charge is 2.53. The molecule has 51 heavy (non-hydrogen) atoms. The van der Waals surface area contributed by atoms with E-state index in [4.69, 9.17) is 0 Å². The van der Waals surface area contributed by atoms with Gasteiger partial charge in [0.25, 0.3) is 17.7 Å². The van der Waals surface area contributed by atoms with Gasteiger partial charge in [-0.2, -0.15) is 0 Å². The molecule has 8 rings (SSSR count). The maximum absolute atomic E-state index is 13.3. The molecule has 4 aliphatic heterocycles. The summed E-state index contributed by atoms with van der Waals surface area (Å²) in [5.41, 5.74) is 4.02. The van der Waals surface area contributed by atoms with Crippen LogP contribution in [0.4, 0.5) is 11.4 Å². The number of piperidine rings is 1. The Morgan fingerprint density at radius 2 is 1.39 bits per heavy atom. The number of benzene rings is 2. The molecule has 11 heteroatoms. The Kier molecular flexibility index (Phi) is 8.08. The van der Waals surface area contributed by atoms with Gasteiger partial charge in [-0.05, 0) is 91.8 Å². The summed E-state index contributed by atoms with van der Waals surface area (Å²) in [4.78, 5) is 71.9. The second-order valence-electron chi connectivity index (χ2n) is 17.4. The highest BCUT2D eigenvalue weighted by Crippen LogP contribution is 2.53. The molecule has 3 saturated heterocycles. The summed E-state index contributed by atoms with van der Waals surface area (Å²) in [6.45, 7) is 14.8. The number of anilines is 2. The number of carbonyl (C=O) groups is 5. The maximum atomic E-state index is 13.3. The summed E-state index contributed by atoms with van der Waals surface area (Å²) in [7, 11) is 0. The predicted molar refractivity (Wildman–Crippen MR) is 194 cm³/mol. The van der Waals surface area contributed by atoms with Crippen molar-refractivity contribution in [3.63, 3.8) is 0 Å². The molecule has 270 valence electrons. The van der Waals surface area contributed by atoms with Crippen LogP contribution in [0.3, 0.4) is 0 Å². The van der Waals surface area contributed by atoms with E-state index in [9.17, 15) is 24.0 Å². The Labute approximate surface area is 300 Å². The van der Waals surface area contributed by atoms with Crippen molar-refractivity contribution in [2.45, 2.75) is 90.8 Å². The van der Waals surface area contributed by atoms with E-state index in [1.807, 2.05) is 18.2 Å². The SMILES string of the molecule is CC1(C)CC(C)(C)C1NC(=O)c1ccc(N2CCN(C3CCC4(CC3)CN(c3ccc5c(c3)C(=O)N(C3CCC(=O)NC3=O)C5=O)C4)CC2)cc1. The summed E-state index contributed by atoms with van der Waals surface area (Å²) in [6.07, 6.45) is 6.10. The molecular weight excluding hydrogens is 644 g/mol. The molecule has 1 spiro atoms. The smallest absolute Gasteiger partial charge is 0.262 e. The van der Waals surface area contributed by atoms with Crippen LogP contribution in [0, 0.1) is 16.2 Å². The highest BCUT2D eigenvalue weighted by atomic mass is 16.2. The van der Waals surface area contributed by atoms with Crippen LogP contribution < -0.4 is 20.4 Å². The lowest BCUT2D eigenvalue weighted by Gasteiger charge is -2.57. The number of rotatable bonds is 6. The van der Waals surface area contributed by atoms with Gasteiger partial charge in [0.2, 0.25) is 11.8 Å². The van der Waals surface area contributed by atoms with Gasteiger partial charge in [0.05, 0.1) is 11.1 Å².